The minimum atomic E-state index is -0.0174. The van der Waals surface area contributed by atoms with Gasteiger partial charge in [-0.2, -0.15) is 0 Å². The summed E-state index contributed by atoms with van der Waals surface area (Å²) in [4.78, 5) is 13.2. The van der Waals surface area contributed by atoms with Gasteiger partial charge in [-0.25, -0.2) is 15.0 Å². The molecule has 3 rings (SSSR count). The van der Waals surface area contributed by atoms with Crippen molar-refractivity contribution in [2.24, 2.45) is 0 Å². The number of aromatic nitrogens is 3. The highest BCUT2D eigenvalue weighted by molar-refractivity contribution is 5.86. The predicted molar refractivity (Wildman–Crippen MR) is 72.7 cm³/mol. The van der Waals surface area contributed by atoms with Gasteiger partial charge < -0.3 is 5.32 Å². The molecule has 0 spiro atoms. The maximum Gasteiger partial charge on any atom is 0.164 e. The second-order valence-corrected chi connectivity index (χ2v) is 5.98. The lowest BCUT2D eigenvalue weighted by atomic mass is 10.1. The first kappa shape index (κ1) is 11.4. The number of pyridine rings is 1. The van der Waals surface area contributed by atoms with Crippen molar-refractivity contribution < 1.29 is 0 Å². The van der Waals surface area contributed by atoms with Gasteiger partial charge in [-0.15, -0.1) is 0 Å². The lowest BCUT2D eigenvalue weighted by molar-refractivity contribution is 0.631. The number of hydrogen-bond acceptors (Lipinski definition) is 4. The van der Waals surface area contributed by atoms with E-state index in [1.54, 1.807) is 6.33 Å². The van der Waals surface area contributed by atoms with Crippen LogP contribution in [0.5, 0.6) is 0 Å². The zero-order valence-electron chi connectivity index (χ0n) is 11.1. The molecule has 0 saturated heterocycles. The van der Waals surface area contributed by atoms with Crippen LogP contribution in [0.15, 0.2) is 18.5 Å². The van der Waals surface area contributed by atoms with Gasteiger partial charge in [0.15, 0.2) is 5.65 Å². The van der Waals surface area contributed by atoms with Gasteiger partial charge in [0.2, 0.25) is 0 Å². The van der Waals surface area contributed by atoms with Crippen molar-refractivity contribution in [2.45, 2.75) is 45.1 Å². The fraction of sp³-hybridized carbons (Fsp3) is 0.500. The zero-order valence-corrected chi connectivity index (χ0v) is 11.1. The standard InChI is InChI=1S/C14H18N4/c1-14(2,3)18-13-10-6-7-11(9-4-5-9)17-12(10)15-8-16-13/h6-9H,4-5H2,1-3H3,(H,15,16,17,18). The van der Waals surface area contributed by atoms with Crippen molar-refractivity contribution >= 4 is 16.9 Å². The van der Waals surface area contributed by atoms with Crippen LogP contribution in [0, 0.1) is 0 Å². The summed E-state index contributed by atoms with van der Waals surface area (Å²) in [5.41, 5.74) is 1.94. The monoisotopic (exact) mass is 242 g/mol. The number of anilines is 1. The molecular weight excluding hydrogens is 224 g/mol. The average molecular weight is 242 g/mol. The molecule has 2 aromatic rings. The highest BCUT2D eigenvalue weighted by atomic mass is 15.1. The van der Waals surface area contributed by atoms with Crippen LogP contribution in [-0.4, -0.2) is 20.5 Å². The SMILES string of the molecule is CC(C)(C)Nc1ncnc2nc(C3CC3)ccc12. The Bertz CT molecular complexity index is 582. The highest BCUT2D eigenvalue weighted by Crippen LogP contribution is 2.39. The summed E-state index contributed by atoms with van der Waals surface area (Å²) >= 11 is 0. The van der Waals surface area contributed by atoms with Crippen LogP contribution in [0.3, 0.4) is 0 Å². The number of rotatable bonds is 2. The van der Waals surface area contributed by atoms with Crippen molar-refractivity contribution in [1.29, 1.82) is 0 Å². The van der Waals surface area contributed by atoms with E-state index in [0.717, 1.165) is 16.9 Å². The molecule has 1 fully saturated rings. The Labute approximate surface area is 107 Å². The van der Waals surface area contributed by atoms with E-state index in [9.17, 15) is 0 Å². The predicted octanol–water partition coefficient (Wildman–Crippen LogP) is 3.11. The first-order valence-corrected chi connectivity index (χ1v) is 6.43. The van der Waals surface area contributed by atoms with Crippen LogP contribution in [0.1, 0.15) is 45.2 Å². The molecule has 2 aromatic heterocycles. The topological polar surface area (TPSA) is 50.7 Å². The van der Waals surface area contributed by atoms with Crippen molar-refractivity contribution in [2.75, 3.05) is 5.32 Å². The first-order chi connectivity index (χ1) is 8.53. The highest BCUT2D eigenvalue weighted by Gasteiger charge is 2.25. The molecule has 0 aromatic carbocycles. The lowest BCUT2D eigenvalue weighted by Gasteiger charge is -2.21. The number of nitrogens with one attached hydrogen (secondary N) is 1. The molecule has 0 aliphatic heterocycles. The molecule has 0 unspecified atom stereocenters. The Hall–Kier alpha value is -1.71. The molecule has 4 heteroatoms. The van der Waals surface area contributed by atoms with Gasteiger partial charge in [0.05, 0.1) is 5.39 Å². The molecule has 1 aliphatic carbocycles. The van der Waals surface area contributed by atoms with E-state index >= 15 is 0 Å². The van der Waals surface area contributed by atoms with Crippen molar-refractivity contribution in [3.63, 3.8) is 0 Å². The average Bonchev–Trinajstić information content (AvgIpc) is 3.10. The van der Waals surface area contributed by atoms with Crippen molar-refractivity contribution in [1.82, 2.24) is 15.0 Å². The maximum absolute atomic E-state index is 4.64. The smallest absolute Gasteiger partial charge is 0.164 e. The fourth-order valence-electron chi connectivity index (χ4n) is 2.02. The largest absolute Gasteiger partial charge is 0.365 e. The van der Waals surface area contributed by atoms with Crippen LogP contribution >= 0.6 is 0 Å². The van der Waals surface area contributed by atoms with Gasteiger partial charge in [0.1, 0.15) is 12.1 Å². The van der Waals surface area contributed by atoms with Gasteiger partial charge in [0, 0.05) is 17.2 Å². The van der Waals surface area contributed by atoms with Gasteiger partial charge in [-0.1, -0.05) is 0 Å². The van der Waals surface area contributed by atoms with Gasteiger partial charge >= 0.3 is 0 Å². The third-order valence-electron chi connectivity index (χ3n) is 3.01. The summed E-state index contributed by atoms with van der Waals surface area (Å²) in [6.07, 6.45) is 4.10. The Morgan fingerprint density at radius 1 is 1.17 bits per heavy atom. The van der Waals surface area contributed by atoms with Crippen molar-refractivity contribution in [3.8, 4) is 0 Å². The molecule has 0 atom stereocenters. The molecule has 1 saturated carbocycles. The summed E-state index contributed by atoms with van der Waals surface area (Å²) in [5.74, 6) is 1.52. The summed E-state index contributed by atoms with van der Waals surface area (Å²) < 4.78 is 0. The van der Waals surface area contributed by atoms with E-state index in [4.69, 9.17) is 0 Å². The molecule has 0 amide bonds. The Balaban J connectivity index is 2.05. The fourth-order valence-corrected chi connectivity index (χ4v) is 2.02. The maximum atomic E-state index is 4.64. The second kappa shape index (κ2) is 3.90. The summed E-state index contributed by atoms with van der Waals surface area (Å²) in [7, 11) is 0. The van der Waals surface area contributed by atoms with E-state index < -0.39 is 0 Å². The third kappa shape index (κ3) is 2.28. The Morgan fingerprint density at radius 2 is 1.94 bits per heavy atom. The Kier molecular flexibility index (Phi) is 2.47. The number of fused-ring (bicyclic) bond motifs is 1. The normalized spacial score (nSPS) is 15.9. The molecule has 0 radical (unpaired) electrons. The van der Waals surface area contributed by atoms with E-state index in [2.05, 4.69) is 53.2 Å². The molecule has 0 bridgehead atoms. The molecule has 18 heavy (non-hydrogen) atoms. The van der Waals surface area contributed by atoms with E-state index in [1.807, 2.05) is 0 Å². The van der Waals surface area contributed by atoms with Gasteiger partial charge in [-0.3, -0.25) is 0 Å². The van der Waals surface area contributed by atoms with E-state index in [0.29, 0.717) is 5.92 Å². The van der Waals surface area contributed by atoms with Crippen molar-refractivity contribution in [3.05, 3.63) is 24.2 Å². The molecule has 1 aliphatic rings. The van der Waals surface area contributed by atoms with Crippen LogP contribution in [0.4, 0.5) is 5.82 Å². The Morgan fingerprint density at radius 3 is 2.61 bits per heavy atom. The minimum absolute atomic E-state index is 0.0174. The van der Waals surface area contributed by atoms with Gasteiger partial charge in [-0.05, 0) is 45.7 Å². The van der Waals surface area contributed by atoms with Crippen LogP contribution in [0.25, 0.3) is 11.0 Å². The van der Waals surface area contributed by atoms with E-state index in [-0.39, 0.29) is 5.54 Å². The third-order valence-corrected chi connectivity index (χ3v) is 3.01. The van der Waals surface area contributed by atoms with Gasteiger partial charge in [0.25, 0.3) is 0 Å². The second-order valence-electron chi connectivity index (χ2n) is 5.98. The van der Waals surface area contributed by atoms with Crippen LogP contribution < -0.4 is 5.32 Å². The molecule has 4 nitrogen and oxygen atoms in total. The number of nitrogens with zero attached hydrogens (tertiary/aromatic N) is 3. The quantitative estimate of drug-likeness (QED) is 0.879. The molecule has 1 N–H and O–H groups in total. The zero-order chi connectivity index (χ0) is 12.8. The van der Waals surface area contributed by atoms with Crippen LogP contribution in [-0.2, 0) is 0 Å². The summed E-state index contributed by atoms with van der Waals surface area (Å²) in [6.45, 7) is 6.35. The minimum Gasteiger partial charge on any atom is -0.365 e. The summed E-state index contributed by atoms with van der Waals surface area (Å²) in [6, 6.07) is 4.20. The summed E-state index contributed by atoms with van der Waals surface area (Å²) in [5, 5.41) is 4.39. The molecule has 2 heterocycles. The molecule has 94 valence electrons. The van der Waals surface area contributed by atoms with Crippen LogP contribution in [0.2, 0.25) is 0 Å². The van der Waals surface area contributed by atoms with E-state index in [1.165, 1.54) is 18.5 Å². The first-order valence-electron chi connectivity index (χ1n) is 6.43. The molecular formula is C14H18N4. The lowest BCUT2D eigenvalue weighted by Crippen LogP contribution is -2.26. The number of hydrogen-bond donors (Lipinski definition) is 1.